The van der Waals surface area contributed by atoms with Crippen molar-refractivity contribution in [3.8, 4) is 0 Å². The van der Waals surface area contributed by atoms with Crippen LogP contribution in [0.1, 0.15) is 12.5 Å². The second-order valence-electron chi connectivity index (χ2n) is 3.36. The van der Waals surface area contributed by atoms with Crippen LogP contribution in [0.2, 0.25) is 0 Å². The van der Waals surface area contributed by atoms with Crippen LogP contribution >= 0.6 is 0 Å². The molecule has 78 valence electrons. The topological polar surface area (TPSA) is 39.8 Å². The number of aryl methyl sites for hydroxylation is 1. The molecule has 4 heteroatoms. The Morgan fingerprint density at radius 2 is 2.13 bits per heavy atom. The van der Waals surface area contributed by atoms with E-state index >= 15 is 0 Å². The molecular formula is C11H13N3O. The molecule has 0 unspecified atom stereocenters. The van der Waals surface area contributed by atoms with Gasteiger partial charge in [0.25, 0.3) is 0 Å². The average molecular weight is 203 g/mol. The van der Waals surface area contributed by atoms with Gasteiger partial charge in [0.15, 0.2) is 0 Å². The third-order valence-corrected chi connectivity index (χ3v) is 2.33. The summed E-state index contributed by atoms with van der Waals surface area (Å²) in [6.45, 7) is 3.24. The van der Waals surface area contributed by atoms with E-state index in [1.165, 1.54) is 0 Å². The first-order chi connectivity index (χ1) is 7.31. The smallest absolute Gasteiger partial charge is 0.300 e. The Hall–Kier alpha value is -1.84. The maximum atomic E-state index is 11.7. The van der Waals surface area contributed by atoms with Crippen LogP contribution in [0.25, 0.3) is 0 Å². The molecule has 0 aliphatic rings. The third kappa shape index (κ3) is 1.98. The predicted octanol–water partition coefficient (Wildman–Crippen LogP) is 1.11. The van der Waals surface area contributed by atoms with Crippen LogP contribution in [-0.4, -0.2) is 14.1 Å². The number of pyridine rings is 1. The zero-order chi connectivity index (χ0) is 10.7. The van der Waals surface area contributed by atoms with E-state index in [1.807, 2.05) is 19.1 Å². The monoisotopic (exact) mass is 203 g/mol. The summed E-state index contributed by atoms with van der Waals surface area (Å²) in [4.78, 5) is 15.7. The number of rotatable bonds is 3. The maximum absolute atomic E-state index is 11.7. The molecule has 0 aliphatic carbocycles. The molecule has 2 aromatic rings. The molecule has 0 N–H and O–H groups in total. The molecule has 0 aliphatic heterocycles. The second-order valence-corrected chi connectivity index (χ2v) is 3.36. The minimum absolute atomic E-state index is 0.0290. The summed E-state index contributed by atoms with van der Waals surface area (Å²) in [5.41, 5.74) is 1.06. The largest absolute Gasteiger partial charge is 0.328 e. The van der Waals surface area contributed by atoms with Crippen molar-refractivity contribution in [2.75, 3.05) is 0 Å². The van der Waals surface area contributed by atoms with Gasteiger partial charge in [0.05, 0.1) is 6.54 Å². The lowest BCUT2D eigenvalue weighted by molar-refractivity contribution is 0.667. The van der Waals surface area contributed by atoms with Gasteiger partial charge in [-0.1, -0.05) is 6.07 Å². The fraction of sp³-hybridized carbons (Fsp3) is 0.273. The van der Waals surface area contributed by atoms with Gasteiger partial charge in [-0.2, -0.15) is 0 Å². The van der Waals surface area contributed by atoms with Crippen LogP contribution in [-0.2, 0) is 13.1 Å². The van der Waals surface area contributed by atoms with Crippen LogP contribution in [0, 0.1) is 0 Å². The standard InChI is InChI=1S/C11H13N3O/c1-2-13-6-7-14(11(13)15)9-10-4-3-5-12-8-10/h3-8H,2,9H2,1H3. The van der Waals surface area contributed by atoms with E-state index in [2.05, 4.69) is 4.98 Å². The Kier molecular flexibility index (Phi) is 2.67. The Bertz CT molecular complexity index is 484. The zero-order valence-corrected chi connectivity index (χ0v) is 8.63. The molecule has 0 fully saturated rings. The molecule has 0 aromatic carbocycles. The Balaban J connectivity index is 2.26. The van der Waals surface area contributed by atoms with Crippen LogP contribution in [0.3, 0.4) is 0 Å². The van der Waals surface area contributed by atoms with Gasteiger partial charge >= 0.3 is 5.69 Å². The summed E-state index contributed by atoms with van der Waals surface area (Å²) in [6.07, 6.45) is 7.11. The first kappa shape index (κ1) is 9.71. The lowest BCUT2D eigenvalue weighted by atomic mass is 10.3. The van der Waals surface area contributed by atoms with Gasteiger partial charge in [0.1, 0.15) is 0 Å². The van der Waals surface area contributed by atoms with Gasteiger partial charge in [0.2, 0.25) is 0 Å². The fourth-order valence-corrected chi connectivity index (χ4v) is 1.50. The molecule has 0 atom stereocenters. The summed E-state index contributed by atoms with van der Waals surface area (Å²) in [7, 11) is 0. The molecule has 0 saturated heterocycles. The number of hydrogen-bond acceptors (Lipinski definition) is 2. The van der Waals surface area contributed by atoms with Gasteiger partial charge in [-0.25, -0.2) is 4.79 Å². The van der Waals surface area contributed by atoms with E-state index in [1.54, 1.807) is 33.9 Å². The van der Waals surface area contributed by atoms with Crippen molar-refractivity contribution in [1.82, 2.24) is 14.1 Å². The summed E-state index contributed by atoms with van der Waals surface area (Å²) >= 11 is 0. The van der Waals surface area contributed by atoms with Crippen molar-refractivity contribution in [3.63, 3.8) is 0 Å². The van der Waals surface area contributed by atoms with Gasteiger partial charge < -0.3 is 0 Å². The highest BCUT2D eigenvalue weighted by Crippen LogP contribution is 1.98. The second kappa shape index (κ2) is 4.13. The average Bonchev–Trinajstić information content (AvgIpc) is 2.62. The Labute approximate surface area is 87.8 Å². The molecule has 0 spiro atoms. The number of imidazole rings is 1. The molecular weight excluding hydrogens is 190 g/mol. The third-order valence-electron chi connectivity index (χ3n) is 2.33. The lowest BCUT2D eigenvalue weighted by Gasteiger charge is -2.00. The van der Waals surface area contributed by atoms with Crippen molar-refractivity contribution in [1.29, 1.82) is 0 Å². The Morgan fingerprint density at radius 1 is 1.33 bits per heavy atom. The highest BCUT2D eigenvalue weighted by Gasteiger charge is 2.01. The summed E-state index contributed by atoms with van der Waals surface area (Å²) in [6, 6.07) is 3.83. The van der Waals surface area contributed by atoms with Gasteiger partial charge in [-0.15, -0.1) is 0 Å². The fourth-order valence-electron chi connectivity index (χ4n) is 1.50. The molecule has 0 bridgehead atoms. The molecule has 2 heterocycles. The molecule has 2 rings (SSSR count). The molecule has 0 radical (unpaired) electrons. The van der Waals surface area contributed by atoms with Crippen LogP contribution in [0.15, 0.2) is 41.7 Å². The van der Waals surface area contributed by atoms with E-state index in [-0.39, 0.29) is 5.69 Å². The summed E-state index contributed by atoms with van der Waals surface area (Å²) in [5, 5.41) is 0. The number of hydrogen-bond donors (Lipinski definition) is 0. The van der Waals surface area contributed by atoms with Gasteiger partial charge in [-0.05, 0) is 18.6 Å². The van der Waals surface area contributed by atoms with Crippen molar-refractivity contribution in [2.24, 2.45) is 0 Å². The summed E-state index contributed by atoms with van der Waals surface area (Å²) in [5.74, 6) is 0. The highest BCUT2D eigenvalue weighted by molar-refractivity contribution is 5.09. The van der Waals surface area contributed by atoms with Crippen molar-refractivity contribution in [3.05, 3.63) is 53.0 Å². The number of nitrogens with zero attached hydrogens (tertiary/aromatic N) is 3. The highest BCUT2D eigenvalue weighted by atomic mass is 16.1. The van der Waals surface area contributed by atoms with E-state index in [4.69, 9.17) is 0 Å². The minimum Gasteiger partial charge on any atom is -0.300 e. The normalized spacial score (nSPS) is 10.5. The van der Waals surface area contributed by atoms with E-state index < -0.39 is 0 Å². The summed E-state index contributed by atoms with van der Waals surface area (Å²) < 4.78 is 3.36. The first-order valence-electron chi connectivity index (χ1n) is 4.95. The maximum Gasteiger partial charge on any atom is 0.328 e. The predicted molar refractivity (Wildman–Crippen MR) is 57.7 cm³/mol. The van der Waals surface area contributed by atoms with E-state index in [9.17, 15) is 4.79 Å². The van der Waals surface area contributed by atoms with Crippen molar-refractivity contribution >= 4 is 0 Å². The minimum atomic E-state index is 0.0290. The van der Waals surface area contributed by atoms with Crippen LogP contribution in [0.4, 0.5) is 0 Å². The van der Waals surface area contributed by atoms with Crippen LogP contribution in [0.5, 0.6) is 0 Å². The van der Waals surface area contributed by atoms with Gasteiger partial charge in [-0.3, -0.25) is 14.1 Å². The molecule has 4 nitrogen and oxygen atoms in total. The van der Waals surface area contributed by atoms with E-state index in [0.29, 0.717) is 13.1 Å². The van der Waals surface area contributed by atoms with Crippen molar-refractivity contribution < 1.29 is 0 Å². The lowest BCUT2D eigenvalue weighted by Crippen LogP contribution is -2.23. The molecule has 0 amide bonds. The number of aromatic nitrogens is 3. The first-order valence-corrected chi connectivity index (χ1v) is 4.95. The SMILES string of the molecule is CCn1ccn(Cc2cccnc2)c1=O. The van der Waals surface area contributed by atoms with Crippen LogP contribution < -0.4 is 5.69 Å². The molecule has 2 aromatic heterocycles. The quantitative estimate of drug-likeness (QED) is 0.749. The van der Waals surface area contributed by atoms with E-state index in [0.717, 1.165) is 5.56 Å². The zero-order valence-electron chi connectivity index (χ0n) is 8.63. The van der Waals surface area contributed by atoms with Gasteiger partial charge in [0, 0.05) is 31.3 Å². The molecule has 15 heavy (non-hydrogen) atoms. The Morgan fingerprint density at radius 3 is 2.73 bits per heavy atom. The van der Waals surface area contributed by atoms with Crippen molar-refractivity contribution in [2.45, 2.75) is 20.0 Å². The molecule has 0 saturated carbocycles.